The van der Waals surface area contributed by atoms with Crippen LogP contribution >= 0.6 is 0 Å². The standard InChI is InChI=1S/C40H46N4O15/c1-22-6-2-3-7-23(22)36-24-10-12-30(45)26(16-41-14-4-8-28(39(55)56)43(18-32(47)48)19-33(49)50)37(24)59-38-25(36)11-13-31(46)27(38)17-42-15-5-9-29(40(57)58)44(20-34(51)52)21-35(53)54/h2-3,6-7,10-13,28-29,41-42,45H,4-5,8-9,14-21H2,1H3,(H,47,48)(H,49,50)(H,51,52)(H,53,54)(H,55,56)(H,57,58). The molecule has 2 atom stereocenters. The van der Waals surface area contributed by atoms with Crippen LogP contribution in [0.15, 0.2) is 57.7 Å². The van der Waals surface area contributed by atoms with Crippen molar-refractivity contribution in [2.45, 2.75) is 57.8 Å². The number of phenolic OH excluding ortho intramolecular Hbond substituents is 1. The summed E-state index contributed by atoms with van der Waals surface area (Å²) < 4.78 is 6.51. The zero-order chi connectivity index (χ0) is 43.4. The first-order chi connectivity index (χ1) is 28.0. The number of hydrogen-bond donors (Lipinski definition) is 9. The molecule has 1 aliphatic carbocycles. The van der Waals surface area contributed by atoms with Gasteiger partial charge in [0, 0.05) is 29.6 Å². The Hall–Kier alpha value is -6.41. The molecule has 1 aliphatic heterocycles. The highest BCUT2D eigenvalue weighted by Gasteiger charge is 2.30. The van der Waals surface area contributed by atoms with Crippen LogP contribution in [0.25, 0.3) is 33.4 Å². The number of nitrogens with zero attached hydrogens (tertiary/aromatic N) is 2. The van der Waals surface area contributed by atoms with Crippen LogP contribution in [0.5, 0.6) is 5.75 Å². The minimum atomic E-state index is -1.39. The van der Waals surface area contributed by atoms with Crippen LogP contribution in [0.2, 0.25) is 0 Å². The van der Waals surface area contributed by atoms with E-state index in [4.69, 9.17) is 4.42 Å². The number of benzene rings is 3. The van der Waals surface area contributed by atoms with Crippen LogP contribution in [-0.2, 0) is 41.9 Å². The molecule has 19 nitrogen and oxygen atoms in total. The number of phenols is 1. The smallest absolute Gasteiger partial charge is 0.320 e. The van der Waals surface area contributed by atoms with E-state index >= 15 is 0 Å². The molecule has 2 aromatic carbocycles. The summed E-state index contributed by atoms with van der Waals surface area (Å²) in [7, 11) is 0. The molecule has 59 heavy (non-hydrogen) atoms. The molecule has 0 spiro atoms. The molecule has 0 fully saturated rings. The number of carboxylic acid groups (broad SMARTS) is 6. The molecular weight excluding hydrogens is 776 g/mol. The number of carbonyl (C=O) groups is 6. The van der Waals surface area contributed by atoms with Crippen LogP contribution in [0.3, 0.4) is 0 Å². The fourth-order valence-electron chi connectivity index (χ4n) is 7.02. The van der Waals surface area contributed by atoms with Crippen molar-refractivity contribution in [3.8, 4) is 28.2 Å². The number of carboxylic acids is 6. The average Bonchev–Trinajstić information content (AvgIpc) is 3.14. The molecule has 1 heterocycles. The minimum absolute atomic E-state index is 0.00721. The first-order valence-corrected chi connectivity index (χ1v) is 18.5. The number of nitrogens with one attached hydrogen (secondary N) is 2. The van der Waals surface area contributed by atoms with Crippen molar-refractivity contribution < 1.29 is 68.9 Å². The van der Waals surface area contributed by atoms with E-state index in [1.807, 2.05) is 31.2 Å². The van der Waals surface area contributed by atoms with Gasteiger partial charge in [-0.3, -0.25) is 43.4 Å². The van der Waals surface area contributed by atoms with Gasteiger partial charge in [-0.05, 0) is 81.1 Å². The van der Waals surface area contributed by atoms with Gasteiger partial charge in [0.2, 0.25) is 0 Å². The van der Waals surface area contributed by atoms with Gasteiger partial charge in [-0.2, -0.15) is 0 Å². The molecule has 0 aromatic heterocycles. The van der Waals surface area contributed by atoms with Gasteiger partial charge in [0.25, 0.3) is 0 Å². The summed E-state index contributed by atoms with van der Waals surface area (Å²) in [4.78, 5) is 84.3. The topological polar surface area (TPSA) is 305 Å². The Kier molecular flexibility index (Phi) is 16.0. The number of hydrogen-bond acceptors (Lipinski definition) is 13. The van der Waals surface area contributed by atoms with Gasteiger partial charge in [0.1, 0.15) is 29.2 Å². The van der Waals surface area contributed by atoms with Crippen molar-refractivity contribution in [2.75, 3.05) is 39.3 Å². The minimum Gasteiger partial charge on any atom is -0.507 e. The molecule has 2 unspecified atom stereocenters. The fraction of sp³-hybridized carbons (Fsp3) is 0.375. The average molecular weight is 823 g/mol. The summed E-state index contributed by atoms with van der Waals surface area (Å²) in [5.74, 6) is -8.21. The van der Waals surface area contributed by atoms with E-state index in [1.165, 1.54) is 12.1 Å². The molecule has 9 N–H and O–H groups in total. The maximum atomic E-state index is 13.4. The lowest BCUT2D eigenvalue weighted by atomic mass is 9.89. The van der Waals surface area contributed by atoms with E-state index < -0.39 is 74.1 Å². The molecule has 316 valence electrons. The maximum Gasteiger partial charge on any atom is 0.320 e. The van der Waals surface area contributed by atoms with E-state index in [1.54, 1.807) is 12.1 Å². The van der Waals surface area contributed by atoms with Crippen molar-refractivity contribution in [3.05, 3.63) is 75.4 Å². The summed E-state index contributed by atoms with van der Waals surface area (Å²) >= 11 is 0. The van der Waals surface area contributed by atoms with Crippen LogP contribution in [0.4, 0.5) is 0 Å². The molecule has 2 aliphatic rings. The quantitative estimate of drug-likeness (QED) is 0.0342. The molecular formula is C40H46N4O15. The molecule has 0 bridgehead atoms. The molecule has 0 amide bonds. The third-order valence-corrected chi connectivity index (χ3v) is 9.68. The highest BCUT2D eigenvalue weighted by molar-refractivity contribution is 6.04. The summed E-state index contributed by atoms with van der Waals surface area (Å²) in [6, 6.07) is 11.0. The molecule has 4 rings (SSSR count). The van der Waals surface area contributed by atoms with Gasteiger partial charge in [-0.1, -0.05) is 24.3 Å². The van der Waals surface area contributed by atoms with E-state index in [-0.39, 0.29) is 79.9 Å². The summed E-state index contributed by atoms with van der Waals surface area (Å²) in [5.41, 5.74) is 3.42. The van der Waals surface area contributed by atoms with Crippen LogP contribution < -0.4 is 16.1 Å². The SMILES string of the molecule is Cc1ccccc1-c1c2ccc(=O)c(CNCCCC(C(=O)O)N(CC(=O)O)CC(=O)O)c-2oc2c(CNCCCC(C(=O)O)N(CC(=O)O)CC(=O)O)c(O)ccc12. The summed E-state index contributed by atoms with van der Waals surface area (Å²) in [5, 5.41) is 74.2. The summed E-state index contributed by atoms with van der Waals surface area (Å²) in [6.07, 6.45) is 0.185. The Morgan fingerprint density at radius 2 is 1.14 bits per heavy atom. The fourth-order valence-corrected chi connectivity index (χ4v) is 7.02. The molecule has 2 aromatic rings. The van der Waals surface area contributed by atoms with Crippen molar-refractivity contribution in [1.82, 2.24) is 20.4 Å². The number of rotatable bonds is 25. The number of aromatic hydroxyl groups is 1. The zero-order valence-electron chi connectivity index (χ0n) is 32.0. The van der Waals surface area contributed by atoms with E-state index in [2.05, 4.69) is 10.6 Å². The Bertz CT molecular complexity index is 2190. The first-order valence-electron chi connectivity index (χ1n) is 18.5. The van der Waals surface area contributed by atoms with Gasteiger partial charge in [-0.25, -0.2) is 0 Å². The second-order valence-electron chi connectivity index (χ2n) is 13.9. The predicted molar refractivity (Wildman–Crippen MR) is 209 cm³/mol. The van der Waals surface area contributed by atoms with Crippen LogP contribution in [-0.4, -0.2) is 133 Å². The Balaban J connectivity index is 1.63. The van der Waals surface area contributed by atoms with Crippen LogP contribution in [0, 0.1) is 6.92 Å². The highest BCUT2D eigenvalue weighted by atomic mass is 16.4. The lowest BCUT2D eigenvalue weighted by Gasteiger charge is -2.25. The zero-order valence-corrected chi connectivity index (χ0v) is 32.0. The molecule has 0 saturated carbocycles. The van der Waals surface area contributed by atoms with Gasteiger partial charge >= 0.3 is 35.8 Å². The Morgan fingerprint density at radius 1 is 0.644 bits per heavy atom. The van der Waals surface area contributed by atoms with Gasteiger partial charge in [0.05, 0.1) is 37.3 Å². The van der Waals surface area contributed by atoms with E-state index in [0.29, 0.717) is 22.1 Å². The third kappa shape index (κ3) is 12.1. The van der Waals surface area contributed by atoms with Gasteiger partial charge in [0.15, 0.2) is 5.43 Å². The van der Waals surface area contributed by atoms with Crippen molar-refractivity contribution in [2.24, 2.45) is 0 Å². The van der Waals surface area contributed by atoms with E-state index in [0.717, 1.165) is 20.9 Å². The van der Waals surface area contributed by atoms with Crippen LogP contribution in [0.1, 0.15) is 42.4 Å². The van der Waals surface area contributed by atoms with Gasteiger partial charge < -0.3 is 50.8 Å². The third-order valence-electron chi connectivity index (χ3n) is 9.68. The lowest BCUT2D eigenvalue weighted by molar-refractivity contribution is -0.152. The van der Waals surface area contributed by atoms with Crippen molar-refractivity contribution in [1.29, 1.82) is 0 Å². The summed E-state index contributed by atoms with van der Waals surface area (Å²) in [6.45, 7) is -0.912. The van der Waals surface area contributed by atoms with E-state index in [9.17, 15) is 69.3 Å². The Labute approximate surface area is 336 Å². The molecule has 0 saturated heterocycles. The number of aryl methyl sites for hydroxylation is 1. The van der Waals surface area contributed by atoms with Gasteiger partial charge in [-0.15, -0.1) is 0 Å². The highest BCUT2D eigenvalue weighted by Crippen LogP contribution is 2.44. The molecule has 19 heteroatoms. The first kappa shape index (κ1) is 45.3. The second kappa shape index (κ2) is 20.8. The van der Waals surface area contributed by atoms with Crippen molar-refractivity contribution >= 4 is 46.8 Å². The predicted octanol–water partition coefficient (Wildman–Crippen LogP) is 2.17. The monoisotopic (exact) mass is 822 g/mol. The lowest BCUT2D eigenvalue weighted by Crippen LogP contribution is -2.46. The molecule has 0 radical (unpaired) electrons. The van der Waals surface area contributed by atoms with Crippen molar-refractivity contribution in [3.63, 3.8) is 0 Å². The largest absolute Gasteiger partial charge is 0.507 e. The normalized spacial score (nSPS) is 12.5. The maximum absolute atomic E-state index is 13.4. The number of fused-ring (bicyclic) bond motifs is 2. The second-order valence-corrected chi connectivity index (χ2v) is 13.9. The number of aliphatic carboxylic acids is 6. The Morgan fingerprint density at radius 3 is 1.61 bits per heavy atom.